The molecule has 3 N–H and O–H groups in total. The first kappa shape index (κ1) is 7.93. The molecular weight excluding hydrogens is 188 g/mol. The van der Waals surface area contributed by atoms with Crippen molar-refractivity contribution in [1.29, 1.82) is 0 Å². The Balaban J connectivity index is 2.39. The van der Waals surface area contributed by atoms with Gasteiger partial charge in [-0.15, -0.1) is 11.3 Å². The number of hydrogen-bond acceptors (Lipinski definition) is 4. The van der Waals surface area contributed by atoms with Crippen molar-refractivity contribution in [3.63, 3.8) is 0 Å². The molecule has 6 heteroatoms. The third-order valence-electron chi connectivity index (χ3n) is 1.54. The highest BCUT2D eigenvalue weighted by Gasteiger charge is 2.08. The second kappa shape index (κ2) is 2.98. The van der Waals surface area contributed by atoms with E-state index in [1.165, 1.54) is 11.3 Å². The summed E-state index contributed by atoms with van der Waals surface area (Å²) in [5.41, 5.74) is 8.43. The molecule has 2 aromatic rings. The lowest BCUT2D eigenvalue weighted by atomic mass is 10.3. The van der Waals surface area contributed by atoms with Crippen LogP contribution in [0.1, 0.15) is 10.5 Å². The lowest BCUT2D eigenvalue weighted by Gasteiger charge is -1.83. The van der Waals surface area contributed by atoms with Gasteiger partial charge in [-0.2, -0.15) is 5.10 Å². The first-order valence-electron chi connectivity index (χ1n) is 3.51. The Morgan fingerprint density at radius 2 is 2.38 bits per heavy atom. The molecule has 0 radical (unpaired) electrons. The van der Waals surface area contributed by atoms with E-state index in [2.05, 4.69) is 15.2 Å². The number of rotatable bonds is 2. The minimum Gasteiger partial charge on any atom is -0.364 e. The van der Waals surface area contributed by atoms with E-state index in [0.29, 0.717) is 11.4 Å². The fourth-order valence-corrected chi connectivity index (χ4v) is 1.46. The molecule has 0 aliphatic heterocycles. The largest absolute Gasteiger partial charge is 0.364 e. The highest BCUT2D eigenvalue weighted by Crippen LogP contribution is 2.16. The number of nitrogens with two attached hydrogens (primary N) is 1. The van der Waals surface area contributed by atoms with E-state index >= 15 is 0 Å². The summed E-state index contributed by atoms with van der Waals surface area (Å²) in [6.07, 6.45) is 0. The summed E-state index contributed by atoms with van der Waals surface area (Å²) in [6.45, 7) is 0. The predicted octanol–water partition coefficient (Wildman–Crippen LogP) is 0.632. The molecule has 0 saturated heterocycles. The number of nitrogens with zero attached hydrogens (tertiary/aromatic N) is 2. The smallest absolute Gasteiger partial charge is 0.266 e. The van der Waals surface area contributed by atoms with Gasteiger partial charge < -0.3 is 5.73 Å². The maximum absolute atomic E-state index is 10.7. The Morgan fingerprint density at radius 1 is 1.54 bits per heavy atom. The molecule has 0 aromatic carbocycles. The van der Waals surface area contributed by atoms with E-state index in [0.717, 1.165) is 5.69 Å². The number of primary amides is 1. The normalized spacial score (nSPS) is 10.2. The summed E-state index contributed by atoms with van der Waals surface area (Å²) in [6, 6.07) is 1.58. The van der Waals surface area contributed by atoms with Gasteiger partial charge in [-0.25, -0.2) is 4.98 Å². The van der Waals surface area contributed by atoms with Crippen LogP contribution in [0.4, 0.5) is 0 Å². The highest BCUT2D eigenvalue weighted by atomic mass is 32.1. The number of carbonyl (C=O) groups is 1. The van der Waals surface area contributed by atoms with Gasteiger partial charge in [-0.3, -0.25) is 9.89 Å². The summed E-state index contributed by atoms with van der Waals surface area (Å²) < 4.78 is 0. The highest BCUT2D eigenvalue weighted by molar-refractivity contribution is 7.07. The number of hydrogen-bond donors (Lipinski definition) is 2. The lowest BCUT2D eigenvalue weighted by molar-refractivity contribution is 0.0995. The maximum Gasteiger partial charge on any atom is 0.266 e. The van der Waals surface area contributed by atoms with Crippen LogP contribution in [-0.2, 0) is 0 Å². The Hall–Kier alpha value is -1.69. The van der Waals surface area contributed by atoms with E-state index < -0.39 is 5.91 Å². The quantitative estimate of drug-likeness (QED) is 0.735. The molecule has 66 valence electrons. The number of aromatic nitrogens is 3. The molecule has 0 bridgehead atoms. The van der Waals surface area contributed by atoms with Crippen molar-refractivity contribution in [3.05, 3.63) is 22.7 Å². The summed E-state index contributed by atoms with van der Waals surface area (Å²) in [5.74, 6) is -0.519. The molecule has 0 aliphatic rings. The third-order valence-corrected chi connectivity index (χ3v) is 2.12. The van der Waals surface area contributed by atoms with Crippen LogP contribution in [0, 0.1) is 0 Å². The summed E-state index contributed by atoms with van der Waals surface area (Å²) in [4.78, 5) is 14.8. The first-order valence-corrected chi connectivity index (χ1v) is 4.45. The fraction of sp³-hybridized carbons (Fsp3) is 0. The van der Waals surface area contributed by atoms with Crippen LogP contribution in [0.15, 0.2) is 17.0 Å². The predicted molar refractivity (Wildman–Crippen MR) is 48.2 cm³/mol. The Morgan fingerprint density at radius 3 is 2.92 bits per heavy atom. The zero-order chi connectivity index (χ0) is 9.26. The summed E-state index contributed by atoms with van der Waals surface area (Å²) in [5, 5.41) is 8.28. The van der Waals surface area contributed by atoms with Gasteiger partial charge in [0.2, 0.25) is 0 Å². The van der Waals surface area contributed by atoms with Gasteiger partial charge in [0.25, 0.3) is 5.91 Å². The van der Waals surface area contributed by atoms with Crippen LogP contribution >= 0.6 is 11.3 Å². The van der Waals surface area contributed by atoms with Crippen molar-refractivity contribution in [2.45, 2.75) is 0 Å². The van der Waals surface area contributed by atoms with Crippen LogP contribution < -0.4 is 5.73 Å². The molecule has 0 spiro atoms. The average molecular weight is 194 g/mol. The molecule has 0 unspecified atom stereocenters. The minimum atomic E-state index is -0.519. The van der Waals surface area contributed by atoms with E-state index in [1.807, 2.05) is 5.38 Å². The monoisotopic (exact) mass is 194 g/mol. The number of H-pyrrole nitrogens is 1. The molecule has 0 atom stereocenters. The van der Waals surface area contributed by atoms with Gasteiger partial charge in [0.15, 0.2) is 0 Å². The second-order valence-corrected chi connectivity index (χ2v) is 3.12. The minimum absolute atomic E-state index is 0.294. The number of thiazole rings is 1. The third kappa shape index (κ3) is 1.43. The molecule has 0 fully saturated rings. The van der Waals surface area contributed by atoms with Gasteiger partial charge in [-0.05, 0) is 6.07 Å². The number of nitrogens with one attached hydrogen (secondary N) is 1. The zero-order valence-electron chi connectivity index (χ0n) is 6.52. The molecule has 0 aliphatic carbocycles. The number of aromatic amines is 1. The van der Waals surface area contributed by atoms with E-state index in [9.17, 15) is 4.79 Å². The van der Waals surface area contributed by atoms with Gasteiger partial charge in [0, 0.05) is 5.38 Å². The zero-order valence-corrected chi connectivity index (χ0v) is 7.34. The molecule has 2 aromatic heterocycles. The Labute approximate surface area is 77.6 Å². The number of carbonyl (C=O) groups excluding carboxylic acids is 1. The van der Waals surface area contributed by atoms with Gasteiger partial charge >= 0.3 is 0 Å². The van der Waals surface area contributed by atoms with Crippen LogP contribution in [0.2, 0.25) is 0 Å². The van der Waals surface area contributed by atoms with Crippen molar-refractivity contribution in [1.82, 2.24) is 15.2 Å². The second-order valence-electron chi connectivity index (χ2n) is 2.40. The standard InChI is InChI=1S/C7H6N4OS/c8-7(12)5-1-4(10-11-5)6-2-13-3-9-6/h1-3H,(H2,8,12)(H,10,11). The topological polar surface area (TPSA) is 84.7 Å². The maximum atomic E-state index is 10.7. The van der Waals surface area contributed by atoms with Gasteiger partial charge in [-0.1, -0.05) is 0 Å². The molecular formula is C7H6N4OS. The van der Waals surface area contributed by atoms with Crippen LogP contribution in [0.25, 0.3) is 11.4 Å². The SMILES string of the molecule is NC(=O)c1cc(-c2cscn2)n[nH]1. The van der Waals surface area contributed by atoms with Crippen molar-refractivity contribution in [3.8, 4) is 11.4 Å². The van der Waals surface area contributed by atoms with Gasteiger partial charge in [0.1, 0.15) is 17.1 Å². The van der Waals surface area contributed by atoms with E-state index in [1.54, 1.807) is 11.6 Å². The molecule has 2 rings (SSSR count). The Bertz CT molecular complexity index is 419. The number of amides is 1. The van der Waals surface area contributed by atoms with E-state index in [-0.39, 0.29) is 0 Å². The first-order chi connectivity index (χ1) is 6.27. The molecule has 5 nitrogen and oxygen atoms in total. The van der Waals surface area contributed by atoms with Crippen molar-refractivity contribution < 1.29 is 4.79 Å². The van der Waals surface area contributed by atoms with E-state index in [4.69, 9.17) is 5.73 Å². The summed E-state index contributed by atoms with van der Waals surface area (Å²) >= 11 is 1.47. The molecule has 2 heterocycles. The van der Waals surface area contributed by atoms with Crippen molar-refractivity contribution >= 4 is 17.2 Å². The van der Waals surface area contributed by atoms with Crippen molar-refractivity contribution in [2.75, 3.05) is 0 Å². The van der Waals surface area contributed by atoms with Crippen LogP contribution in [-0.4, -0.2) is 21.1 Å². The summed E-state index contributed by atoms with van der Waals surface area (Å²) in [7, 11) is 0. The molecule has 13 heavy (non-hydrogen) atoms. The van der Waals surface area contributed by atoms with Crippen LogP contribution in [0.3, 0.4) is 0 Å². The lowest BCUT2D eigenvalue weighted by Crippen LogP contribution is -2.10. The molecule has 1 amide bonds. The fourth-order valence-electron chi connectivity index (χ4n) is 0.918. The van der Waals surface area contributed by atoms with Crippen molar-refractivity contribution in [2.24, 2.45) is 5.73 Å². The molecule has 0 saturated carbocycles. The van der Waals surface area contributed by atoms with Crippen LogP contribution in [0.5, 0.6) is 0 Å². The average Bonchev–Trinajstić information content (AvgIpc) is 2.75. The Kier molecular flexibility index (Phi) is 1.82. The van der Waals surface area contributed by atoms with Gasteiger partial charge in [0.05, 0.1) is 5.51 Å².